The molecule has 2 fully saturated rings. The molecule has 2 aliphatic rings. The fourth-order valence-electron chi connectivity index (χ4n) is 2.67. The van der Waals surface area contributed by atoms with Crippen molar-refractivity contribution in [1.29, 1.82) is 0 Å². The van der Waals surface area contributed by atoms with Gasteiger partial charge in [-0.05, 0) is 58.7 Å². The van der Waals surface area contributed by atoms with E-state index in [2.05, 4.69) is 28.9 Å². The van der Waals surface area contributed by atoms with Gasteiger partial charge in [-0.25, -0.2) is 13.1 Å². The lowest BCUT2D eigenvalue weighted by atomic mass is 10.0. The highest BCUT2D eigenvalue weighted by atomic mass is 32.2. The maximum atomic E-state index is 12.1. The molecular formula is C13H27N3O2S. The highest BCUT2D eigenvalue weighted by molar-refractivity contribution is 7.89. The molecule has 6 heteroatoms. The summed E-state index contributed by atoms with van der Waals surface area (Å²) in [5, 5.41) is 3.26. The SMILES string of the molecule is CC(CNS(=O)(=O)CC1CCCNC1)N(C)C1CC1. The van der Waals surface area contributed by atoms with Crippen LogP contribution in [-0.4, -0.2) is 57.8 Å². The summed E-state index contributed by atoms with van der Waals surface area (Å²) in [4.78, 5) is 2.28. The Hall–Kier alpha value is -0.170. The maximum Gasteiger partial charge on any atom is 0.211 e. The molecule has 0 aromatic carbocycles. The zero-order valence-electron chi connectivity index (χ0n) is 12.1. The van der Waals surface area contributed by atoms with Gasteiger partial charge in [0.25, 0.3) is 0 Å². The first-order valence-electron chi connectivity index (χ1n) is 7.38. The lowest BCUT2D eigenvalue weighted by Gasteiger charge is -2.26. The summed E-state index contributed by atoms with van der Waals surface area (Å²) in [7, 11) is -1.05. The van der Waals surface area contributed by atoms with E-state index >= 15 is 0 Å². The number of hydrogen-bond acceptors (Lipinski definition) is 4. The van der Waals surface area contributed by atoms with E-state index in [-0.39, 0.29) is 17.7 Å². The minimum Gasteiger partial charge on any atom is -0.316 e. The van der Waals surface area contributed by atoms with Gasteiger partial charge < -0.3 is 5.32 Å². The summed E-state index contributed by atoms with van der Waals surface area (Å²) < 4.78 is 26.9. The van der Waals surface area contributed by atoms with Crippen molar-refractivity contribution in [3.05, 3.63) is 0 Å². The predicted octanol–water partition coefficient (Wildman–Crippen LogP) is 0.388. The maximum absolute atomic E-state index is 12.1. The van der Waals surface area contributed by atoms with E-state index in [1.165, 1.54) is 12.8 Å². The fraction of sp³-hybridized carbons (Fsp3) is 1.00. The second kappa shape index (κ2) is 6.52. The van der Waals surface area contributed by atoms with Crippen LogP contribution in [0.1, 0.15) is 32.6 Å². The van der Waals surface area contributed by atoms with Gasteiger partial charge in [-0.15, -0.1) is 0 Å². The molecule has 1 heterocycles. The van der Waals surface area contributed by atoms with E-state index in [4.69, 9.17) is 0 Å². The van der Waals surface area contributed by atoms with Crippen molar-refractivity contribution in [2.24, 2.45) is 5.92 Å². The van der Waals surface area contributed by atoms with E-state index in [9.17, 15) is 8.42 Å². The van der Waals surface area contributed by atoms with Crippen LogP contribution in [0.3, 0.4) is 0 Å². The molecule has 2 rings (SSSR count). The summed E-state index contributed by atoms with van der Waals surface area (Å²) in [5.41, 5.74) is 0. The molecule has 2 N–H and O–H groups in total. The van der Waals surface area contributed by atoms with Crippen LogP contribution >= 0.6 is 0 Å². The fourth-order valence-corrected chi connectivity index (χ4v) is 4.19. The van der Waals surface area contributed by atoms with Crippen LogP contribution in [0.25, 0.3) is 0 Å². The zero-order valence-corrected chi connectivity index (χ0v) is 12.9. The van der Waals surface area contributed by atoms with Gasteiger partial charge in [-0.2, -0.15) is 0 Å². The van der Waals surface area contributed by atoms with Crippen molar-refractivity contribution in [3.8, 4) is 0 Å². The van der Waals surface area contributed by atoms with Crippen LogP contribution in [0.4, 0.5) is 0 Å². The summed E-state index contributed by atoms with van der Waals surface area (Å²) in [6.07, 6.45) is 4.61. The molecule has 1 saturated carbocycles. The van der Waals surface area contributed by atoms with Crippen LogP contribution in [0.5, 0.6) is 0 Å². The Kier molecular flexibility index (Phi) is 5.22. The second-order valence-corrected chi connectivity index (χ2v) is 7.94. The molecule has 2 unspecified atom stereocenters. The van der Waals surface area contributed by atoms with E-state index in [1.54, 1.807) is 0 Å². The summed E-state index contributed by atoms with van der Waals surface area (Å²) >= 11 is 0. The van der Waals surface area contributed by atoms with E-state index in [0.717, 1.165) is 25.9 Å². The van der Waals surface area contributed by atoms with Crippen LogP contribution in [-0.2, 0) is 10.0 Å². The quantitative estimate of drug-likeness (QED) is 0.712. The third kappa shape index (κ3) is 5.02. The molecule has 0 aromatic rings. The Morgan fingerprint density at radius 3 is 2.68 bits per heavy atom. The highest BCUT2D eigenvalue weighted by Crippen LogP contribution is 2.26. The normalized spacial score (nSPS) is 26.6. The first-order chi connectivity index (χ1) is 8.98. The van der Waals surface area contributed by atoms with Crippen molar-refractivity contribution in [2.75, 3.05) is 32.4 Å². The molecule has 0 radical (unpaired) electrons. The van der Waals surface area contributed by atoms with Gasteiger partial charge in [-0.3, -0.25) is 4.90 Å². The topological polar surface area (TPSA) is 61.4 Å². The van der Waals surface area contributed by atoms with Crippen LogP contribution in [0, 0.1) is 5.92 Å². The first kappa shape index (κ1) is 15.2. The Bertz CT molecular complexity index is 375. The lowest BCUT2D eigenvalue weighted by molar-refractivity contribution is 0.248. The summed E-state index contributed by atoms with van der Waals surface area (Å²) in [6, 6.07) is 0.939. The third-order valence-electron chi connectivity index (χ3n) is 4.27. The molecule has 0 spiro atoms. The van der Waals surface area contributed by atoms with E-state index < -0.39 is 10.0 Å². The average molecular weight is 289 g/mol. The summed E-state index contributed by atoms with van der Waals surface area (Å²) in [6.45, 7) is 4.46. The molecular weight excluding hydrogens is 262 g/mol. The van der Waals surface area contributed by atoms with Crippen LogP contribution < -0.4 is 10.0 Å². The summed E-state index contributed by atoms with van der Waals surface area (Å²) in [5.74, 6) is 0.530. The number of piperidine rings is 1. The number of hydrogen-bond donors (Lipinski definition) is 2. The molecule has 0 amide bonds. The monoisotopic (exact) mass is 289 g/mol. The molecule has 5 nitrogen and oxygen atoms in total. The number of rotatable bonds is 7. The largest absolute Gasteiger partial charge is 0.316 e. The Morgan fingerprint density at radius 2 is 2.11 bits per heavy atom. The van der Waals surface area contributed by atoms with E-state index in [1.807, 2.05) is 0 Å². The van der Waals surface area contributed by atoms with Gasteiger partial charge in [0.15, 0.2) is 0 Å². The molecule has 0 aromatic heterocycles. The van der Waals surface area contributed by atoms with Gasteiger partial charge in [-0.1, -0.05) is 0 Å². The number of likely N-dealkylation sites (N-methyl/N-ethyl adjacent to an activating group) is 1. The van der Waals surface area contributed by atoms with Crippen molar-refractivity contribution >= 4 is 10.0 Å². The van der Waals surface area contributed by atoms with Crippen LogP contribution in [0.2, 0.25) is 0 Å². The van der Waals surface area contributed by atoms with Gasteiger partial charge in [0, 0.05) is 18.6 Å². The van der Waals surface area contributed by atoms with Crippen molar-refractivity contribution in [3.63, 3.8) is 0 Å². The van der Waals surface area contributed by atoms with Gasteiger partial charge >= 0.3 is 0 Å². The van der Waals surface area contributed by atoms with E-state index in [0.29, 0.717) is 12.6 Å². The Labute approximate surface area is 117 Å². The first-order valence-corrected chi connectivity index (χ1v) is 9.03. The molecule has 1 aliphatic heterocycles. The van der Waals surface area contributed by atoms with Gasteiger partial charge in [0.2, 0.25) is 10.0 Å². The zero-order chi connectivity index (χ0) is 13.9. The smallest absolute Gasteiger partial charge is 0.211 e. The lowest BCUT2D eigenvalue weighted by Crippen LogP contribution is -2.43. The molecule has 1 saturated heterocycles. The molecule has 112 valence electrons. The average Bonchev–Trinajstić information content (AvgIpc) is 3.20. The van der Waals surface area contributed by atoms with Crippen molar-refractivity contribution in [1.82, 2.24) is 14.9 Å². The highest BCUT2D eigenvalue weighted by Gasteiger charge is 2.29. The number of sulfonamides is 1. The molecule has 1 aliphatic carbocycles. The molecule has 2 atom stereocenters. The van der Waals surface area contributed by atoms with Gasteiger partial charge in [0.1, 0.15) is 0 Å². The Morgan fingerprint density at radius 1 is 1.37 bits per heavy atom. The van der Waals surface area contributed by atoms with Gasteiger partial charge in [0.05, 0.1) is 5.75 Å². The Balaban J connectivity index is 1.73. The number of nitrogens with one attached hydrogen (secondary N) is 2. The molecule has 19 heavy (non-hydrogen) atoms. The second-order valence-electron chi connectivity index (χ2n) is 6.09. The van der Waals surface area contributed by atoms with Crippen molar-refractivity contribution in [2.45, 2.75) is 44.7 Å². The number of nitrogens with zero attached hydrogens (tertiary/aromatic N) is 1. The minimum atomic E-state index is -3.13. The molecule has 0 bridgehead atoms. The standard InChI is InChI=1S/C13H27N3O2S/c1-11(16(2)13-5-6-13)8-15-19(17,18)10-12-4-3-7-14-9-12/h11-15H,3-10H2,1-2H3. The van der Waals surface area contributed by atoms with Crippen LogP contribution in [0.15, 0.2) is 0 Å². The minimum absolute atomic E-state index is 0.264. The third-order valence-corrected chi connectivity index (χ3v) is 5.79. The van der Waals surface area contributed by atoms with Crippen molar-refractivity contribution < 1.29 is 8.42 Å². The predicted molar refractivity (Wildman–Crippen MR) is 77.6 cm³/mol.